The van der Waals surface area contributed by atoms with Crippen molar-refractivity contribution in [3.63, 3.8) is 0 Å². The Morgan fingerprint density at radius 2 is 1.85 bits per heavy atom. The van der Waals surface area contributed by atoms with E-state index in [1.165, 1.54) is 0 Å². The Morgan fingerprint density at radius 3 is 2.55 bits per heavy atom. The van der Waals surface area contributed by atoms with Crippen molar-refractivity contribution in [2.45, 2.75) is 13.8 Å². The fraction of sp³-hybridized carbons (Fsp3) is 0.308. The van der Waals surface area contributed by atoms with Crippen molar-refractivity contribution in [3.05, 3.63) is 28.7 Å². The van der Waals surface area contributed by atoms with E-state index in [-0.39, 0.29) is 0 Å². The van der Waals surface area contributed by atoms with Gasteiger partial charge in [-0.2, -0.15) is 15.0 Å². The molecule has 6 nitrogen and oxygen atoms in total. The monoisotopic (exact) mass is 337 g/mol. The summed E-state index contributed by atoms with van der Waals surface area (Å²) < 4.78 is 6.28. The lowest BCUT2D eigenvalue weighted by Gasteiger charge is -2.10. The maximum Gasteiger partial charge on any atom is 0.323 e. The minimum Gasteiger partial charge on any atom is -0.464 e. The van der Waals surface area contributed by atoms with Crippen molar-refractivity contribution in [1.82, 2.24) is 15.0 Å². The zero-order chi connectivity index (χ0) is 14.4. The lowest BCUT2D eigenvalue weighted by Crippen LogP contribution is -2.09. The number of nitrogens with one attached hydrogen (secondary N) is 2. The van der Waals surface area contributed by atoms with Crippen molar-refractivity contribution in [2.24, 2.45) is 0 Å². The molecular formula is C13H16BrN5O. The summed E-state index contributed by atoms with van der Waals surface area (Å²) >= 11 is 3.47. The zero-order valence-electron chi connectivity index (χ0n) is 11.4. The van der Waals surface area contributed by atoms with E-state index >= 15 is 0 Å². The highest BCUT2D eigenvalue weighted by atomic mass is 79.9. The number of nitrogens with zero attached hydrogens (tertiary/aromatic N) is 3. The number of hydrogen-bond acceptors (Lipinski definition) is 6. The summed E-state index contributed by atoms with van der Waals surface area (Å²) in [5.74, 6) is 0.923. The summed E-state index contributed by atoms with van der Waals surface area (Å²) in [6.07, 6.45) is 0. The number of rotatable bonds is 6. The van der Waals surface area contributed by atoms with Crippen LogP contribution < -0.4 is 15.4 Å². The normalized spacial score (nSPS) is 10.2. The number of benzene rings is 1. The molecule has 0 aliphatic heterocycles. The molecule has 0 radical (unpaired) electrons. The summed E-state index contributed by atoms with van der Waals surface area (Å²) in [5.41, 5.74) is 0.878. The Bertz CT molecular complexity index is 554. The third-order valence-electron chi connectivity index (χ3n) is 2.34. The Labute approximate surface area is 126 Å². The third kappa shape index (κ3) is 3.80. The van der Waals surface area contributed by atoms with E-state index in [2.05, 4.69) is 41.5 Å². The molecule has 106 valence electrons. The molecule has 1 heterocycles. The smallest absolute Gasteiger partial charge is 0.323 e. The van der Waals surface area contributed by atoms with Gasteiger partial charge in [-0.15, -0.1) is 0 Å². The maximum absolute atomic E-state index is 5.35. The highest BCUT2D eigenvalue weighted by Gasteiger charge is 2.08. The standard InChI is InChI=1S/C13H16BrN5O/c1-3-15-11-17-12(19-13(18-11)20-4-2)16-10-8-6-5-7-9(10)14/h5-8H,3-4H2,1-2H3,(H2,15,16,17,18,19). The van der Waals surface area contributed by atoms with Gasteiger partial charge in [0, 0.05) is 11.0 Å². The van der Waals surface area contributed by atoms with Gasteiger partial charge in [-0.05, 0) is 41.9 Å². The molecule has 2 rings (SSSR count). The SMILES string of the molecule is CCNc1nc(Nc2ccccc2Br)nc(OCC)n1. The molecule has 0 atom stereocenters. The molecule has 1 aromatic carbocycles. The van der Waals surface area contributed by atoms with E-state index in [9.17, 15) is 0 Å². The fourth-order valence-corrected chi connectivity index (χ4v) is 1.91. The Balaban J connectivity index is 2.28. The van der Waals surface area contributed by atoms with Gasteiger partial charge in [0.05, 0.1) is 12.3 Å². The molecule has 0 saturated heterocycles. The zero-order valence-corrected chi connectivity index (χ0v) is 12.9. The minimum absolute atomic E-state index is 0.299. The number of aromatic nitrogens is 3. The molecule has 0 amide bonds. The Kier molecular flexibility index (Phi) is 5.11. The molecule has 20 heavy (non-hydrogen) atoms. The molecule has 0 aliphatic carbocycles. The fourth-order valence-electron chi connectivity index (χ4n) is 1.53. The van der Waals surface area contributed by atoms with E-state index in [4.69, 9.17) is 4.74 Å². The molecule has 0 saturated carbocycles. The first-order valence-electron chi connectivity index (χ1n) is 6.37. The van der Waals surface area contributed by atoms with Gasteiger partial charge in [-0.25, -0.2) is 0 Å². The van der Waals surface area contributed by atoms with E-state index < -0.39 is 0 Å². The molecule has 0 spiro atoms. The Morgan fingerprint density at radius 1 is 1.10 bits per heavy atom. The number of anilines is 3. The van der Waals surface area contributed by atoms with Crippen LogP contribution in [0, 0.1) is 0 Å². The van der Waals surface area contributed by atoms with Crippen molar-refractivity contribution < 1.29 is 4.74 Å². The predicted octanol–water partition coefficient (Wildman–Crippen LogP) is 3.21. The number of hydrogen-bond donors (Lipinski definition) is 2. The van der Waals surface area contributed by atoms with Crippen LogP contribution >= 0.6 is 15.9 Å². The summed E-state index contributed by atoms with van der Waals surface area (Å²) in [6, 6.07) is 8.05. The van der Waals surface area contributed by atoms with Gasteiger partial charge < -0.3 is 15.4 Å². The topological polar surface area (TPSA) is 72.0 Å². The van der Waals surface area contributed by atoms with Crippen molar-refractivity contribution in [2.75, 3.05) is 23.8 Å². The second kappa shape index (κ2) is 7.04. The van der Waals surface area contributed by atoms with Crippen LogP contribution in [0.1, 0.15) is 13.8 Å². The molecule has 2 N–H and O–H groups in total. The molecular weight excluding hydrogens is 322 g/mol. The van der Waals surface area contributed by atoms with Crippen LogP contribution in [-0.4, -0.2) is 28.1 Å². The van der Waals surface area contributed by atoms with Crippen LogP contribution in [0.5, 0.6) is 6.01 Å². The average molecular weight is 338 g/mol. The van der Waals surface area contributed by atoms with E-state index in [0.29, 0.717) is 24.5 Å². The summed E-state index contributed by atoms with van der Waals surface area (Å²) in [5, 5.41) is 6.19. The number of ether oxygens (including phenoxy) is 1. The Hall–Kier alpha value is -1.89. The van der Waals surface area contributed by atoms with Crippen molar-refractivity contribution in [3.8, 4) is 6.01 Å². The average Bonchev–Trinajstić information content (AvgIpc) is 2.42. The largest absolute Gasteiger partial charge is 0.464 e. The second-order valence-electron chi connectivity index (χ2n) is 3.83. The molecule has 7 heteroatoms. The van der Waals surface area contributed by atoms with Crippen LogP contribution in [0.3, 0.4) is 0 Å². The lowest BCUT2D eigenvalue weighted by molar-refractivity contribution is 0.312. The summed E-state index contributed by atoms with van der Waals surface area (Å²) in [4.78, 5) is 12.7. The van der Waals surface area contributed by atoms with Crippen LogP contribution in [0.4, 0.5) is 17.6 Å². The van der Waals surface area contributed by atoms with Gasteiger partial charge in [0.2, 0.25) is 11.9 Å². The predicted molar refractivity (Wildman–Crippen MR) is 82.6 cm³/mol. The highest BCUT2D eigenvalue weighted by Crippen LogP contribution is 2.24. The lowest BCUT2D eigenvalue weighted by atomic mass is 10.3. The van der Waals surface area contributed by atoms with Gasteiger partial charge in [-0.3, -0.25) is 0 Å². The van der Waals surface area contributed by atoms with Gasteiger partial charge in [0.25, 0.3) is 0 Å². The summed E-state index contributed by atoms with van der Waals surface area (Å²) in [7, 11) is 0. The van der Waals surface area contributed by atoms with Crippen molar-refractivity contribution >= 4 is 33.5 Å². The van der Waals surface area contributed by atoms with Crippen LogP contribution in [0.15, 0.2) is 28.7 Å². The van der Waals surface area contributed by atoms with E-state index in [0.717, 1.165) is 16.7 Å². The van der Waals surface area contributed by atoms with E-state index in [1.54, 1.807) is 0 Å². The third-order valence-corrected chi connectivity index (χ3v) is 3.04. The number of halogens is 1. The van der Waals surface area contributed by atoms with Gasteiger partial charge >= 0.3 is 6.01 Å². The van der Waals surface area contributed by atoms with Gasteiger partial charge in [0.1, 0.15) is 0 Å². The highest BCUT2D eigenvalue weighted by molar-refractivity contribution is 9.10. The van der Waals surface area contributed by atoms with Gasteiger partial charge in [0.15, 0.2) is 0 Å². The van der Waals surface area contributed by atoms with Crippen LogP contribution in [0.25, 0.3) is 0 Å². The first-order valence-corrected chi connectivity index (χ1v) is 7.16. The number of para-hydroxylation sites is 1. The van der Waals surface area contributed by atoms with Crippen molar-refractivity contribution in [1.29, 1.82) is 0 Å². The van der Waals surface area contributed by atoms with Gasteiger partial charge in [-0.1, -0.05) is 12.1 Å². The van der Waals surface area contributed by atoms with Crippen LogP contribution in [-0.2, 0) is 0 Å². The molecule has 0 aliphatic rings. The van der Waals surface area contributed by atoms with E-state index in [1.807, 2.05) is 38.1 Å². The summed E-state index contributed by atoms with van der Waals surface area (Å²) in [6.45, 7) is 5.09. The molecule has 0 unspecified atom stereocenters. The molecule has 0 fully saturated rings. The first kappa shape index (κ1) is 14.5. The quantitative estimate of drug-likeness (QED) is 0.843. The molecule has 1 aromatic heterocycles. The maximum atomic E-state index is 5.35. The first-order chi connectivity index (χ1) is 9.72. The second-order valence-corrected chi connectivity index (χ2v) is 4.69. The molecule has 2 aromatic rings. The minimum atomic E-state index is 0.299. The molecule has 0 bridgehead atoms. The van der Waals surface area contributed by atoms with Crippen LogP contribution in [0.2, 0.25) is 0 Å².